The molecule has 0 radical (unpaired) electrons. The van der Waals surface area contributed by atoms with Gasteiger partial charge < -0.3 is 15.5 Å². The molecule has 3 amide bonds. The van der Waals surface area contributed by atoms with E-state index in [0.29, 0.717) is 5.92 Å². The molecule has 1 aliphatic carbocycles. The Balaban J connectivity index is 1.60. The van der Waals surface area contributed by atoms with Gasteiger partial charge in [0.25, 0.3) is 0 Å². The summed E-state index contributed by atoms with van der Waals surface area (Å²) in [5.41, 5.74) is 5.15. The van der Waals surface area contributed by atoms with E-state index < -0.39 is 0 Å². The first-order valence-electron chi connectivity index (χ1n) is 9.79. The van der Waals surface area contributed by atoms with Crippen molar-refractivity contribution in [3.8, 4) is 0 Å². The molecule has 2 N–H and O–H groups in total. The number of nitrogens with zero attached hydrogens (tertiary/aromatic N) is 1. The minimum absolute atomic E-state index is 0.000739. The molecule has 0 aliphatic heterocycles. The van der Waals surface area contributed by atoms with Crippen molar-refractivity contribution in [1.82, 2.24) is 10.2 Å². The summed E-state index contributed by atoms with van der Waals surface area (Å²) in [5.74, 6) is 0.279. The van der Waals surface area contributed by atoms with Gasteiger partial charge >= 0.3 is 6.03 Å². The minimum Gasteiger partial charge on any atom is -0.331 e. The number of nitrogens with one attached hydrogen (secondary N) is 2. The average Bonchev–Trinajstić information content (AvgIpc) is 3.48. The van der Waals surface area contributed by atoms with Crippen molar-refractivity contribution in [3.63, 3.8) is 0 Å². The zero-order valence-electron chi connectivity index (χ0n) is 17.1. The Hall–Kier alpha value is -2.82. The van der Waals surface area contributed by atoms with Crippen LogP contribution < -0.4 is 10.6 Å². The molecule has 2 aromatic carbocycles. The SMILES string of the molecule is Cc1cc(C)c(NC(=O)CN(C)C(=O)NC(c2ccccc2)C2CC2)c(C)c1. The van der Waals surface area contributed by atoms with Crippen LogP contribution in [0.3, 0.4) is 0 Å². The lowest BCUT2D eigenvalue weighted by Gasteiger charge is -2.24. The van der Waals surface area contributed by atoms with E-state index in [4.69, 9.17) is 0 Å². The van der Waals surface area contributed by atoms with Crippen LogP contribution >= 0.6 is 0 Å². The van der Waals surface area contributed by atoms with E-state index in [-0.39, 0.29) is 24.5 Å². The Morgan fingerprint density at radius 2 is 1.68 bits per heavy atom. The molecule has 1 aliphatic rings. The molecule has 28 heavy (non-hydrogen) atoms. The fraction of sp³-hybridized carbons (Fsp3) is 0.391. The van der Waals surface area contributed by atoms with Gasteiger partial charge in [0.1, 0.15) is 6.54 Å². The first-order valence-corrected chi connectivity index (χ1v) is 9.79. The Morgan fingerprint density at radius 1 is 1.07 bits per heavy atom. The largest absolute Gasteiger partial charge is 0.331 e. The molecule has 0 bridgehead atoms. The smallest absolute Gasteiger partial charge is 0.318 e. The van der Waals surface area contributed by atoms with Crippen LogP contribution in [-0.4, -0.2) is 30.4 Å². The van der Waals surface area contributed by atoms with Crippen LogP contribution in [0.4, 0.5) is 10.5 Å². The van der Waals surface area contributed by atoms with E-state index in [1.807, 2.05) is 63.2 Å². The molecule has 3 rings (SSSR count). The number of rotatable bonds is 6. The lowest BCUT2D eigenvalue weighted by molar-refractivity contribution is -0.116. The second-order valence-electron chi connectivity index (χ2n) is 7.85. The zero-order valence-corrected chi connectivity index (χ0v) is 17.1. The van der Waals surface area contributed by atoms with Gasteiger partial charge in [0.2, 0.25) is 5.91 Å². The number of hydrogen-bond donors (Lipinski definition) is 2. The Labute approximate surface area is 167 Å². The Morgan fingerprint density at radius 3 is 2.25 bits per heavy atom. The van der Waals surface area contributed by atoms with Gasteiger partial charge in [-0.25, -0.2) is 4.79 Å². The van der Waals surface area contributed by atoms with Gasteiger partial charge in [-0.05, 0) is 56.2 Å². The molecular formula is C23H29N3O2. The van der Waals surface area contributed by atoms with Gasteiger partial charge in [0, 0.05) is 12.7 Å². The van der Waals surface area contributed by atoms with Crippen molar-refractivity contribution in [2.45, 2.75) is 39.7 Å². The first-order chi connectivity index (χ1) is 13.3. The molecule has 148 valence electrons. The van der Waals surface area contributed by atoms with Crippen LogP contribution in [0.5, 0.6) is 0 Å². The highest BCUT2D eigenvalue weighted by Gasteiger charge is 2.34. The van der Waals surface area contributed by atoms with Gasteiger partial charge in [-0.2, -0.15) is 0 Å². The molecule has 1 fully saturated rings. The number of anilines is 1. The molecule has 5 nitrogen and oxygen atoms in total. The third kappa shape index (κ3) is 4.91. The molecule has 0 saturated heterocycles. The van der Waals surface area contributed by atoms with Crippen molar-refractivity contribution >= 4 is 17.6 Å². The fourth-order valence-electron chi connectivity index (χ4n) is 3.65. The molecular weight excluding hydrogens is 350 g/mol. The summed E-state index contributed by atoms with van der Waals surface area (Å²) in [4.78, 5) is 26.6. The number of aryl methyl sites for hydroxylation is 3. The highest BCUT2D eigenvalue weighted by atomic mass is 16.2. The number of urea groups is 1. The highest BCUT2D eigenvalue weighted by molar-refractivity contribution is 5.95. The van der Waals surface area contributed by atoms with Gasteiger partial charge in [-0.3, -0.25) is 4.79 Å². The number of hydrogen-bond acceptors (Lipinski definition) is 2. The van der Waals surface area contributed by atoms with Crippen molar-refractivity contribution < 1.29 is 9.59 Å². The standard InChI is InChI=1S/C23H29N3O2/c1-15-12-16(2)21(17(3)13-15)24-20(27)14-26(4)23(28)25-22(19-10-11-19)18-8-6-5-7-9-18/h5-9,12-13,19,22H,10-11,14H2,1-4H3,(H,24,27)(H,25,28). The molecule has 5 heteroatoms. The molecule has 0 aromatic heterocycles. The van der Waals surface area contributed by atoms with Gasteiger partial charge in [-0.15, -0.1) is 0 Å². The van der Waals surface area contributed by atoms with E-state index in [1.165, 1.54) is 4.90 Å². The summed E-state index contributed by atoms with van der Waals surface area (Å²) in [6.45, 7) is 6.00. The van der Waals surface area contributed by atoms with Crippen molar-refractivity contribution in [1.29, 1.82) is 0 Å². The summed E-state index contributed by atoms with van der Waals surface area (Å²) < 4.78 is 0. The number of amides is 3. The van der Waals surface area contributed by atoms with E-state index in [2.05, 4.69) is 10.6 Å². The summed E-state index contributed by atoms with van der Waals surface area (Å²) in [7, 11) is 1.65. The average molecular weight is 380 g/mol. The maximum absolute atomic E-state index is 12.7. The van der Waals surface area contributed by atoms with Crippen LogP contribution in [-0.2, 0) is 4.79 Å². The summed E-state index contributed by atoms with van der Waals surface area (Å²) >= 11 is 0. The fourth-order valence-corrected chi connectivity index (χ4v) is 3.65. The maximum Gasteiger partial charge on any atom is 0.318 e. The monoisotopic (exact) mass is 379 g/mol. The van der Waals surface area contributed by atoms with E-state index >= 15 is 0 Å². The predicted octanol–water partition coefficient (Wildman–Crippen LogP) is 4.34. The van der Waals surface area contributed by atoms with Gasteiger partial charge in [0.15, 0.2) is 0 Å². The van der Waals surface area contributed by atoms with Crippen LogP contribution in [0.25, 0.3) is 0 Å². The van der Waals surface area contributed by atoms with Crippen LogP contribution in [0.1, 0.15) is 41.1 Å². The van der Waals surface area contributed by atoms with Crippen LogP contribution in [0.2, 0.25) is 0 Å². The summed E-state index contributed by atoms with van der Waals surface area (Å²) in [6, 6.07) is 13.9. The first kappa shape index (κ1) is 19.9. The van der Waals surface area contributed by atoms with Crippen molar-refractivity contribution in [3.05, 3.63) is 64.7 Å². The minimum atomic E-state index is -0.228. The normalized spacial score (nSPS) is 14.3. The second kappa shape index (κ2) is 8.46. The quantitative estimate of drug-likeness (QED) is 0.784. The molecule has 0 spiro atoms. The second-order valence-corrected chi connectivity index (χ2v) is 7.85. The molecule has 0 heterocycles. The third-order valence-electron chi connectivity index (χ3n) is 5.20. The Bertz CT molecular complexity index is 836. The molecule has 1 saturated carbocycles. The van der Waals surface area contributed by atoms with Crippen LogP contribution in [0, 0.1) is 26.7 Å². The van der Waals surface area contributed by atoms with E-state index in [9.17, 15) is 9.59 Å². The highest BCUT2D eigenvalue weighted by Crippen LogP contribution is 2.41. The van der Waals surface area contributed by atoms with Gasteiger partial charge in [-0.1, -0.05) is 48.0 Å². The lowest BCUT2D eigenvalue weighted by atomic mass is 10.0. The van der Waals surface area contributed by atoms with E-state index in [0.717, 1.165) is 40.8 Å². The van der Waals surface area contributed by atoms with E-state index in [1.54, 1.807) is 7.05 Å². The number of carbonyl (C=O) groups excluding carboxylic acids is 2. The van der Waals surface area contributed by atoms with Crippen LogP contribution in [0.15, 0.2) is 42.5 Å². The molecule has 1 unspecified atom stereocenters. The third-order valence-corrected chi connectivity index (χ3v) is 5.20. The number of benzene rings is 2. The van der Waals surface area contributed by atoms with Crippen molar-refractivity contribution in [2.75, 3.05) is 18.9 Å². The van der Waals surface area contributed by atoms with Gasteiger partial charge in [0.05, 0.1) is 6.04 Å². The maximum atomic E-state index is 12.7. The predicted molar refractivity (Wildman–Crippen MR) is 112 cm³/mol. The Kier molecular flexibility index (Phi) is 6.02. The zero-order chi connectivity index (χ0) is 20.3. The number of carbonyl (C=O) groups is 2. The topological polar surface area (TPSA) is 61.4 Å². The summed E-state index contributed by atoms with van der Waals surface area (Å²) in [5, 5.41) is 6.05. The molecule has 1 atom stereocenters. The summed E-state index contributed by atoms with van der Waals surface area (Å²) in [6.07, 6.45) is 2.24. The molecule has 2 aromatic rings. The van der Waals surface area contributed by atoms with Crippen molar-refractivity contribution in [2.24, 2.45) is 5.92 Å². The lowest BCUT2D eigenvalue weighted by Crippen LogP contribution is -2.43. The number of likely N-dealkylation sites (N-methyl/N-ethyl adjacent to an activating group) is 1.